The number of amides is 1. The minimum absolute atomic E-state index is 0.0455. The van der Waals surface area contributed by atoms with Crippen molar-refractivity contribution in [3.63, 3.8) is 0 Å². The van der Waals surface area contributed by atoms with Gasteiger partial charge in [0.05, 0.1) is 20.8 Å². The molecule has 1 aliphatic rings. The number of carbonyl (C=O) groups excluding carboxylic acids is 1. The zero-order valence-corrected chi connectivity index (χ0v) is 17.1. The SMILES string of the molecule is CSc1ccc(C(=O)N2CCCCC2c2nnn(-c3cccc(Cl)c3)n2)s1. The van der Waals surface area contributed by atoms with E-state index in [1.54, 1.807) is 23.9 Å². The minimum atomic E-state index is -0.154. The predicted molar refractivity (Wildman–Crippen MR) is 108 cm³/mol. The second-order valence-corrected chi connectivity index (χ2v) is 8.88. The fraction of sp³-hybridized carbons (Fsp3) is 0.333. The van der Waals surface area contributed by atoms with E-state index in [0.717, 1.165) is 34.0 Å². The Balaban J connectivity index is 1.60. The van der Waals surface area contributed by atoms with Crippen molar-refractivity contribution in [2.75, 3.05) is 12.8 Å². The Hall–Kier alpha value is -1.90. The molecule has 0 bridgehead atoms. The number of thiophene rings is 1. The van der Waals surface area contributed by atoms with Crippen molar-refractivity contribution < 1.29 is 4.79 Å². The number of likely N-dealkylation sites (tertiary alicyclic amines) is 1. The molecule has 1 atom stereocenters. The van der Waals surface area contributed by atoms with E-state index in [1.165, 1.54) is 16.1 Å². The van der Waals surface area contributed by atoms with Gasteiger partial charge in [-0.05, 0) is 61.1 Å². The summed E-state index contributed by atoms with van der Waals surface area (Å²) >= 11 is 9.24. The number of aromatic nitrogens is 4. The number of thioether (sulfide) groups is 1. The van der Waals surface area contributed by atoms with Crippen LogP contribution in [0.1, 0.15) is 40.8 Å². The molecule has 0 spiro atoms. The number of benzene rings is 1. The van der Waals surface area contributed by atoms with Crippen molar-refractivity contribution in [1.29, 1.82) is 0 Å². The Bertz CT molecular complexity index is 957. The van der Waals surface area contributed by atoms with Gasteiger partial charge in [0.2, 0.25) is 0 Å². The summed E-state index contributed by atoms with van der Waals surface area (Å²) < 4.78 is 1.14. The highest BCUT2D eigenvalue weighted by Crippen LogP contribution is 2.33. The van der Waals surface area contributed by atoms with E-state index >= 15 is 0 Å². The molecule has 1 aromatic carbocycles. The van der Waals surface area contributed by atoms with Crippen LogP contribution >= 0.6 is 34.7 Å². The Morgan fingerprint density at radius 1 is 1.30 bits per heavy atom. The lowest BCUT2D eigenvalue weighted by atomic mass is 10.0. The largest absolute Gasteiger partial charge is 0.328 e. The zero-order valence-electron chi connectivity index (χ0n) is 14.7. The third kappa shape index (κ3) is 3.88. The molecule has 27 heavy (non-hydrogen) atoms. The summed E-state index contributed by atoms with van der Waals surface area (Å²) in [4.78, 5) is 17.2. The van der Waals surface area contributed by atoms with Crippen LogP contribution in [0, 0.1) is 0 Å². The fourth-order valence-electron chi connectivity index (χ4n) is 3.20. The van der Waals surface area contributed by atoms with Crippen LogP contribution in [-0.4, -0.2) is 43.8 Å². The number of carbonyl (C=O) groups is 1. The second kappa shape index (κ2) is 8.00. The summed E-state index contributed by atoms with van der Waals surface area (Å²) in [6.07, 6.45) is 4.89. The van der Waals surface area contributed by atoms with E-state index in [4.69, 9.17) is 11.6 Å². The molecule has 1 unspecified atom stereocenters. The van der Waals surface area contributed by atoms with Gasteiger partial charge in [-0.1, -0.05) is 17.7 Å². The predicted octanol–water partition coefficient (Wildman–Crippen LogP) is 4.47. The van der Waals surface area contributed by atoms with Gasteiger partial charge in [-0.25, -0.2) is 0 Å². The van der Waals surface area contributed by atoms with Crippen molar-refractivity contribution in [3.05, 3.63) is 52.1 Å². The molecule has 3 heterocycles. The molecule has 3 aromatic rings. The van der Waals surface area contributed by atoms with Crippen LogP contribution in [0.15, 0.2) is 40.6 Å². The highest BCUT2D eigenvalue weighted by Gasteiger charge is 2.32. The highest BCUT2D eigenvalue weighted by molar-refractivity contribution is 8.00. The fourth-order valence-corrected chi connectivity index (χ4v) is 4.88. The summed E-state index contributed by atoms with van der Waals surface area (Å²) in [6.45, 7) is 0.710. The molecule has 0 aliphatic carbocycles. The van der Waals surface area contributed by atoms with Crippen LogP contribution in [0.3, 0.4) is 0 Å². The molecule has 6 nitrogen and oxygen atoms in total. The maximum Gasteiger partial charge on any atom is 0.264 e. The number of nitrogens with zero attached hydrogens (tertiary/aromatic N) is 5. The number of tetrazole rings is 1. The lowest BCUT2D eigenvalue weighted by molar-refractivity contribution is 0.0605. The molecule has 1 aliphatic heterocycles. The standard InChI is InChI=1S/C18H18ClN5OS2/c1-26-16-9-8-15(27-16)18(25)23-10-3-2-7-14(23)17-20-22-24(21-17)13-6-4-5-12(19)11-13/h4-6,8-9,11,14H,2-3,7,10H2,1H3. The van der Waals surface area contributed by atoms with Crippen LogP contribution in [-0.2, 0) is 0 Å². The quantitative estimate of drug-likeness (QED) is 0.584. The number of hydrogen-bond donors (Lipinski definition) is 0. The van der Waals surface area contributed by atoms with Crippen LogP contribution in [0.2, 0.25) is 5.02 Å². The van der Waals surface area contributed by atoms with Gasteiger partial charge in [0.1, 0.15) is 0 Å². The van der Waals surface area contributed by atoms with Gasteiger partial charge in [-0.2, -0.15) is 0 Å². The average Bonchev–Trinajstić information content (AvgIpc) is 3.37. The maximum atomic E-state index is 13.1. The zero-order chi connectivity index (χ0) is 18.8. The van der Waals surface area contributed by atoms with Crippen molar-refractivity contribution >= 4 is 40.6 Å². The molecule has 2 aromatic heterocycles. The van der Waals surface area contributed by atoms with Gasteiger partial charge in [0, 0.05) is 11.6 Å². The van der Waals surface area contributed by atoms with Gasteiger partial charge in [0.25, 0.3) is 5.91 Å². The first-order valence-corrected chi connectivity index (χ1v) is 11.1. The summed E-state index contributed by atoms with van der Waals surface area (Å²) in [5, 5.41) is 13.6. The second-order valence-electron chi connectivity index (χ2n) is 6.25. The molecule has 1 saturated heterocycles. The minimum Gasteiger partial charge on any atom is -0.328 e. The summed E-state index contributed by atoms with van der Waals surface area (Å²) in [6, 6.07) is 11.0. The first-order valence-electron chi connectivity index (χ1n) is 8.66. The van der Waals surface area contributed by atoms with Crippen LogP contribution in [0.5, 0.6) is 0 Å². The third-order valence-electron chi connectivity index (χ3n) is 4.52. The molecule has 1 amide bonds. The van der Waals surface area contributed by atoms with Crippen LogP contribution in [0.4, 0.5) is 0 Å². The summed E-state index contributed by atoms with van der Waals surface area (Å²) in [5.74, 6) is 0.619. The highest BCUT2D eigenvalue weighted by atomic mass is 35.5. The van der Waals surface area contributed by atoms with Crippen molar-refractivity contribution in [3.8, 4) is 5.69 Å². The molecule has 0 N–H and O–H groups in total. The van der Waals surface area contributed by atoms with Gasteiger partial charge in [-0.3, -0.25) is 4.79 Å². The topological polar surface area (TPSA) is 63.9 Å². The van der Waals surface area contributed by atoms with E-state index in [0.29, 0.717) is 17.4 Å². The van der Waals surface area contributed by atoms with Crippen LogP contribution < -0.4 is 0 Å². The molecule has 9 heteroatoms. The number of piperidine rings is 1. The van der Waals surface area contributed by atoms with Gasteiger partial charge in [-0.15, -0.1) is 38.1 Å². The van der Waals surface area contributed by atoms with E-state index in [-0.39, 0.29) is 11.9 Å². The molecular formula is C18H18ClN5OS2. The smallest absolute Gasteiger partial charge is 0.264 e. The number of hydrogen-bond acceptors (Lipinski definition) is 6. The van der Waals surface area contributed by atoms with E-state index in [2.05, 4.69) is 15.4 Å². The van der Waals surface area contributed by atoms with Gasteiger partial charge >= 0.3 is 0 Å². The van der Waals surface area contributed by atoms with E-state index in [1.807, 2.05) is 35.4 Å². The molecular weight excluding hydrogens is 402 g/mol. The number of rotatable bonds is 4. The van der Waals surface area contributed by atoms with E-state index in [9.17, 15) is 4.79 Å². The van der Waals surface area contributed by atoms with Crippen molar-refractivity contribution in [1.82, 2.24) is 25.1 Å². The molecule has 4 rings (SSSR count). The molecule has 0 radical (unpaired) electrons. The van der Waals surface area contributed by atoms with E-state index < -0.39 is 0 Å². The Morgan fingerprint density at radius 3 is 2.96 bits per heavy atom. The first-order chi connectivity index (χ1) is 13.2. The van der Waals surface area contributed by atoms with Gasteiger partial charge in [0.15, 0.2) is 5.82 Å². The average molecular weight is 420 g/mol. The van der Waals surface area contributed by atoms with Gasteiger partial charge < -0.3 is 4.90 Å². The molecule has 140 valence electrons. The monoisotopic (exact) mass is 419 g/mol. The number of halogens is 1. The first kappa shape index (κ1) is 18.5. The Kier molecular flexibility index (Phi) is 5.47. The maximum absolute atomic E-state index is 13.1. The lowest BCUT2D eigenvalue weighted by Gasteiger charge is -2.33. The van der Waals surface area contributed by atoms with Crippen LogP contribution in [0.25, 0.3) is 5.69 Å². The van der Waals surface area contributed by atoms with Crippen molar-refractivity contribution in [2.45, 2.75) is 29.5 Å². The van der Waals surface area contributed by atoms with Crippen molar-refractivity contribution in [2.24, 2.45) is 0 Å². The summed E-state index contributed by atoms with van der Waals surface area (Å²) in [7, 11) is 0. The normalized spacial score (nSPS) is 17.3. The molecule has 0 saturated carbocycles. The summed E-state index contributed by atoms with van der Waals surface area (Å²) in [5.41, 5.74) is 0.748. The lowest BCUT2D eigenvalue weighted by Crippen LogP contribution is -2.38. The third-order valence-corrected chi connectivity index (χ3v) is 6.91. The molecule has 1 fully saturated rings. The Morgan fingerprint density at radius 2 is 2.19 bits per heavy atom. The Labute approximate surface area is 170 Å².